The van der Waals surface area contributed by atoms with Gasteiger partial charge in [0.1, 0.15) is 0 Å². The average Bonchev–Trinajstić information content (AvgIpc) is 2.24. The SMILES string of the molecule is CCCCCCc1ccc(S(=O)(O)=S)cc1. The minimum Gasteiger partial charge on any atom is -0.302 e. The summed E-state index contributed by atoms with van der Waals surface area (Å²) >= 11 is 4.50. The van der Waals surface area contributed by atoms with Gasteiger partial charge < -0.3 is 4.55 Å². The summed E-state index contributed by atoms with van der Waals surface area (Å²) in [6, 6.07) is 7.10. The molecule has 16 heavy (non-hydrogen) atoms. The molecule has 1 atom stereocenters. The van der Waals surface area contributed by atoms with Gasteiger partial charge in [-0.1, -0.05) is 38.3 Å². The van der Waals surface area contributed by atoms with Crippen LogP contribution in [0.5, 0.6) is 0 Å². The fourth-order valence-electron chi connectivity index (χ4n) is 1.58. The lowest BCUT2D eigenvalue weighted by Gasteiger charge is -2.03. The summed E-state index contributed by atoms with van der Waals surface area (Å²) in [5.41, 5.74) is 1.21. The smallest absolute Gasteiger partial charge is 0.171 e. The topological polar surface area (TPSA) is 37.3 Å². The fourth-order valence-corrected chi connectivity index (χ4v) is 2.40. The largest absolute Gasteiger partial charge is 0.302 e. The average molecular weight is 258 g/mol. The molecule has 1 aromatic carbocycles. The van der Waals surface area contributed by atoms with Crippen molar-refractivity contribution in [3.8, 4) is 0 Å². The molecule has 0 aliphatic rings. The van der Waals surface area contributed by atoms with E-state index in [4.69, 9.17) is 4.55 Å². The Labute approximate surface area is 103 Å². The van der Waals surface area contributed by atoms with E-state index in [2.05, 4.69) is 18.1 Å². The van der Waals surface area contributed by atoms with Crippen LogP contribution in [-0.4, -0.2) is 8.76 Å². The van der Waals surface area contributed by atoms with Crippen LogP contribution in [-0.2, 0) is 26.4 Å². The van der Waals surface area contributed by atoms with Crippen LogP contribution >= 0.6 is 0 Å². The third-order valence-corrected chi connectivity index (χ3v) is 3.99. The van der Waals surface area contributed by atoms with Gasteiger partial charge in [0.15, 0.2) is 8.77 Å². The predicted octanol–water partition coefficient (Wildman–Crippen LogP) is 3.39. The van der Waals surface area contributed by atoms with Gasteiger partial charge in [-0.25, -0.2) is 4.21 Å². The van der Waals surface area contributed by atoms with Crippen LogP contribution in [0.3, 0.4) is 0 Å². The first-order valence-corrected chi connectivity index (χ1v) is 8.04. The van der Waals surface area contributed by atoms with Gasteiger partial charge in [0, 0.05) is 11.2 Å². The summed E-state index contributed by atoms with van der Waals surface area (Å²) in [4.78, 5) is 0.333. The highest BCUT2D eigenvalue weighted by atomic mass is 32.8. The van der Waals surface area contributed by atoms with Crippen LogP contribution < -0.4 is 0 Å². The Hall–Kier alpha value is -0.450. The number of hydrogen-bond donors (Lipinski definition) is 1. The quantitative estimate of drug-likeness (QED) is 0.795. The van der Waals surface area contributed by atoms with E-state index < -0.39 is 8.77 Å². The second-order valence-corrected chi connectivity index (χ2v) is 6.71. The Morgan fingerprint density at radius 1 is 1.19 bits per heavy atom. The Bertz CT molecular complexity index is 407. The molecule has 0 amide bonds. The van der Waals surface area contributed by atoms with Crippen LogP contribution in [0.1, 0.15) is 38.2 Å². The third kappa shape index (κ3) is 4.60. The molecule has 0 aromatic heterocycles. The predicted molar refractivity (Wildman–Crippen MR) is 70.7 cm³/mol. The Morgan fingerprint density at radius 2 is 1.81 bits per heavy atom. The molecule has 1 aromatic rings. The lowest BCUT2D eigenvalue weighted by molar-refractivity contribution is 0.561. The maximum atomic E-state index is 11.2. The van der Waals surface area contributed by atoms with E-state index >= 15 is 0 Å². The first-order valence-electron chi connectivity index (χ1n) is 5.60. The van der Waals surface area contributed by atoms with Gasteiger partial charge in [0.05, 0.1) is 4.90 Å². The first kappa shape index (κ1) is 13.6. The van der Waals surface area contributed by atoms with Crippen LogP contribution in [0, 0.1) is 0 Å². The monoisotopic (exact) mass is 258 g/mol. The van der Waals surface area contributed by atoms with Crippen LogP contribution in [0.15, 0.2) is 29.2 Å². The molecule has 0 fully saturated rings. The Morgan fingerprint density at radius 3 is 2.31 bits per heavy atom. The molecule has 0 spiro atoms. The van der Waals surface area contributed by atoms with Gasteiger partial charge in [-0.3, -0.25) is 0 Å². The van der Waals surface area contributed by atoms with E-state index in [1.54, 1.807) is 12.1 Å². The molecule has 0 saturated carbocycles. The molecule has 0 aliphatic heterocycles. The molecular formula is C12H18O2S2. The molecule has 1 N–H and O–H groups in total. The Kier molecular flexibility index (Phi) is 5.38. The number of aryl methyl sites for hydroxylation is 1. The van der Waals surface area contributed by atoms with Crippen molar-refractivity contribution in [2.75, 3.05) is 0 Å². The third-order valence-electron chi connectivity index (χ3n) is 2.54. The number of hydrogen-bond acceptors (Lipinski definition) is 2. The van der Waals surface area contributed by atoms with Crippen molar-refractivity contribution in [1.82, 2.24) is 0 Å². The minimum absolute atomic E-state index is 0.333. The molecule has 0 aliphatic carbocycles. The minimum atomic E-state index is -3.22. The molecule has 0 bridgehead atoms. The normalized spacial score (nSPS) is 14.6. The maximum Gasteiger partial charge on any atom is 0.171 e. The summed E-state index contributed by atoms with van der Waals surface area (Å²) in [6.45, 7) is 2.19. The number of unbranched alkanes of at least 4 members (excludes halogenated alkanes) is 3. The van der Waals surface area contributed by atoms with E-state index in [9.17, 15) is 4.21 Å². The van der Waals surface area contributed by atoms with E-state index in [0.717, 1.165) is 6.42 Å². The van der Waals surface area contributed by atoms with Crippen LogP contribution in [0.2, 0.25) is 0 Å². The maximum absolute atomic E-state index is 11.2. The zero-order valence-electron chi connectivity index (χ0n) is 9.52. The summed E-state index contributed by atoms with van der Waals surface area (Å²) in [7, 11) is -3.22. The van der Waals surface area contributed by atoms with Crippen molar-refractivity contribution in [3.63, 3.8) is 0 Å². The van der Waals surface area contributed by atoms with Gasteiger partial charge >= 0.3 is 0 Å². The lowest BCUT2D eigenvalue weighted by Crippen LogP contribution is -1.96. The van der Waals surface area contributed by atoms with Gasteiger partial charge in [-0.15, -0.1) is 0 Å². The molecule has 0 radical (unpaired) electrons. The summed E-state index contributed by atoms with van der Waals surface area (Å²) in [6.07, 6.45) is 5.96. The molecule has 90 valence electrons. The lowest BCUT2D eigenvalue weighted by atomic mass is 10.1. The first-order chi connectivity index (χ1) is 7.54. The highest BCUT2D eigenvalue weighted by Gasteiger charge is 2.04. The van der Waals surface area contributed by atoms with E-state index in [0.29, 0.717) is 4.90 Å². The van der Waals surface area contributed by atoms with Gasteiger partial charge in [0.2, 0.25) is 0 Å². The van der Waals surface area contributed by atoms with Crippen molar-refractivity contribution in [1.29, 1.82) is 0 Å². The van der Waals surface area contributed by atoms with E-state index in [1.165, 1.54) is 31.2 Å². The molecule has 0 saturated heterocycles. The second kappa shape index (κ2) is 6.33. The zero-order valence-corrected chi connectivity index (χ0v) is 11.1. The fraction of sp³-hybridized carbons (Fsp3) is 0.500. The van der Waals surface area contributed by atoms with Crippen molar-refractivity contribution in [2.24, 2.45) is 0 Å². The molecule has 1 unspecified atom stereocenters. The summed E-state index contributed by atoms with van der Waals surface area (Å²) < 4.78 is 20.3. The summed E-state index contributed by atoms with van der Waals surface area (Å²) in [5, 5.41) is 0. The van der Waals surface area contributed by atoms with E-state index in [-0.39, 0.29) is 0 Å². The molecule has 2 nitrogen and oxygen atoms in total. The molecule has 0 heterocycles. The second-order valence-electron chi connectivity index (χ2n) is 3.93. The van der Waals surface area contributed by atoms with Crippen LogP contribution in [0.25, 0.3) is 0 Å². The molecule has 1 rings (SSSR count). The highest BCUT2D eigenvalue weighted by Crippen LogP contribution is 2.13. The van der Waals surface area contributed by atoms with Crippen molar-refractivity contribution >= 4 is 20.0 Å². The zero-order chi connectivity index (χ0) is 12.0. The standard InChI is InChI=1S/C12H18O2S2/c1-2-3-4-5-6-11-7-9-12(10-8-11)16(13,14)15/h7-10H,2-6H2,1H3,(H,13,14,15). The summed E-state index contributed by atoms with van der Waals surface area (Å²) in [5.74, 6) is 0. The van der Waals surface area contributed by atoms with E-state index in [1.807, 2.05) is 12.1 Å². The number of rotatable bonds is 6. The van der Waals surface area contributed by atoms with Gasteiger partial charge in [-0.05, 0) is 30.5 Å². The van der Waals surface area contributed by atoms with Crippen molar-refractivity contribution in [2.45, 2.75) is 43.9 Å². The Balaban J connectivity index is 2.52. The van der Waals surface area contributed by atoms with Gasteiger partial charge in [0.25, 0.3) is 0 Å². The van der Waals surface area contributed by atoms with Crippen LogP contribution in [0.4, 0.5) is 0 Å². The van der Waals surface area contributed by atoms with Crippen molar-refractivity contribution < 1.29 is 8.76 Å². The number of benzene rings is 1. The van der Waals surface area contributed by atoms with Crippen molar-refractivity contribution in [3.05, 3.63) is 29.8 Å². The molecule has 4 heteroatoms. The highest BCUT2D eigenvalue weighted by molar-refractivity contribution is 8.29. The van der Waals surface area contributed by atoms with Gasteiger partial charge in [-0.2, -0.15) is 0 Å². The molecular weight excluding hydrogens is 240 g/mol.